The highest BCUT2D eigenvalue weighted by Crippen LogP contribution is 2.40. The number of hydrogen-bond donors (Lipinski definition) is 0. The van der Waals surface area contributed by atoms with Crippen molar-refractivity contribution in [3.8, 4) is 22.3 Å². The summed E-state index contributed by atoms with van der Waals surface area (Å²) < 4.78 is 254. The standard InChI is InChI=1S/C27H6F18/c28-10-4(11(29)15(33)6(14(10)32)8-18(36)22(40)26(44)23(41)19(8)37)2-1-3-5-12(30)16(34)7(17(35)13(5)31)9-20(38)24(42)27(45)25(43)21(9)39/h1-3H2. The average Bonchev–Trinajstić information content (AvgIpc) is 3.01. The van der Waals surface area contributed by atoms with Crippen LogP contribution in [0.3, 0.4) is 0 Å². The van der Waals surface area contributed by atoms with E-state index in [0.29, 0.717) is 0 Å². The Bertz CT molecular complexity index is 1660. The molecule has 0 fully saturated rings. The Morgan fingerprint density at radius 3 is 0.556 bits per heavy atom. The summed E-state index contributed by atoms with van der Waals surface area (Å²) in [6.45, 7) is 0. The molecule has 0 radical (unpaired) electrons. The Labute approximate surface area is 237 Å². The fourth-order valence-corrected chi connectivity index (χ4v) is 4.32. The minimum Gasteiger partial charge on any atom is -0.203 e. The number of rotatable bonds is 6. The van der Waals surface area contributed by atoms with E-state index < -0.39 is 157 Å². The van der Waals surface area contributed by atoms with Crippen LogP contribution in [0.1, 0.15) is 17.5 Å². The molecule has 0 heterocycles. The van der Waals surface area contributed by atoms with Crippen LogP contribution in [0.15, 0.2) is 0 Å². The predicted octanol–water partition coefficient (Wildman–Crippen LogP) is 9.70. The van der Waals surface area contributed by atoms with Gasteiger partial charge in [-0.05, 0) is 19.3 Å². The van der Waals surface area contributed by atoms with Crippen molar-refractivity contribution >= 4 is 0 Å². The molecule has 45 heavy (non-hydrogen) atoms. The maximum atomic E-state index is 14.6. The summed E-state index contributed by atoms with van der Waals surface area (Å²) in [4.78, 5) is 0. The molecule has 0 unspecified atom stereocenters. The average molecular weight is 672 g/mol. The number of hydrogen-bond acceptors (Lipinski definition) is 0. The van der Waals surface area contributed by atoms with Crippen LogP contribution in [-0.4, -0.2) is 0 Å². The van der Waals surface area contributed by atoms with E-state index >= 15 is 0 Å². The zero-order valence-electron chi connectivity index (χ0n) is 20.9. The second-order valence-corrected chi connectivity index (χ2v) is 8.96. The molecule has 0 atom stereocenters. The van der Waals surface area contributed by atoms with Gasteiger partial charge in [0.25, 0.3) is 0 Å². The zero-order valence-corrected chi connectivity index (χ0v) is 20.9. The molecule has 0 saturated heterocycles. The molecule has 18 heteroatoms. The summed E-state index contributed by atoms with van der Waals surface area (Å²) in [6, 6.07) is 0. The Hall–Kier alpha value is -4.38. The highest BCUT2D eigenvalue weighted by Gasteiger charge is 2.36. The van der Waals surface area contributed by atoms with Gasteiger partial charge in [0.1, 0.15) is 0 Å². The first-order valence-electron chi connectivity index (χ1n) is 11.6. The number of halogens is 18. The third kappa shape index (κ3) is 5.03. The second kappa shape index (κ2) is 11.8. The van der Waals surface area contributed by atoms with Crippen LogP contribution in [0.2, 0.25) is 0 Å². The smallest absolute Gasteiger partial charge is 0.200 e. The van der Waals surface area contributed by atoms with Gasteiger partial charge in [-0.15, -0.1) is 0 Å². The molecule has 0 spiro atoms. The molecule has 0 aliphatic carbocycles. The lowest BCUT2D eigenvalue weighted by Crippen LogP contribution is -2.12. The van der Waals surface area contributed by atoms with Gasteiger partial charge in [0.2, 0.25) is 11.6 Å². The van der Waals surface area contributed by atoms with Crippen molar-refractivity contribution < 1.29 is 79.0 Å². The Balaban J connectivity index is 1.74. The molecule has 4 aromatic rings. The van der Waals surface area contributed by atoms with E-state index in [9.17, 15) is 79.0 Å². The van der Waals surface area contributed by atoms with Gasteiger partial charge in [-0.1, -0.05) is 0 Å². The van der Waals surface area contributed by atoms with Crippen LogP contribution in [-0.2, 0) is 12.8 Å². The first-order chi connectivity index (χ1) is 20.9. The van der Waals surface area contributed by atoms with Crippen LogP contribution in [0.5, 0.6) is 0 Å². The summed E-state index contributed by atoms with van der Waals surface area (Å²) in [5.74, 6) is -48.7. The van der Waals surface area contributed by atoms with Gasteiger partial charge in [-0.2, -0.15) is 0 Å². The minimum absolute atomic E-state index is 1.09. The summed E-state index contributed by atoms with van der Waals surface area (Å²) in [5.41, 5.74) is -12.9. The van der Waals surface area contributed by atoms with Crippen LogP contribution >= 0.6 is 0 Å². The van der Waals surface area contributed by atoms with E-state index in [1.165, 1.54) is 0 Å². The normalized spacial score (nSPS) is 11.6. The molecule has 0 nitrogen and oxygen atoms in total. The highest BCUT2D eigenvalue weighted by atomic mass is 19.2. The molecule has 0 aromatic heterocycles. The molecule has 0 N–H and O–H groups in total. The lowest BCUT2D eigenvalue weighted by molar-refractivity contribution is 0.378. The summed E-state index contributed by atoms with van der Waals surface area (Å²) in [5, 5.41) is 0. The zero-order chi connectivity index (χ0) is 34.0. The summed E-state index contributed by atoms with van der Waals surface area (Å²) in [6.07, 6.45) is -3.78. The largest absolute Gasteiger partial charge is 0.203 e. The van der Waals surface area contributed by atoms with E-state index in [0.717, 1.165) is 0 Å². The van der Waals surface area contributed by atoms with Crippen molar-refractivity contribution in [2.24, 2.45) is 0 Å². The van der Waals surface area contributed by atoms with Gasteiger partial charge in [0, 0.05) is 11.1 Å². The molecule has 240 valence electrons. The number of benzene rings is 4. The van der Waals surface area contributed by atoms with Crippen molar-refractivity contribution in [2.75, 3.05) is 0 Å². The lowest BCUT2D eigenvalue weighted by atomic mass is 9.95. The topological polar surface area (TPSA) is 0 Å². The first kappa shape index (κ1) is 33.5. The molecule has 4 rings (SSSR count). The molecule has 0 aliphatic heterocycles. The van der Waals surface area contributed by atoms with E-state index in [4.69, 9.17) is 0 Å². The molecule has 0 bridgehead atoms. The third-order valence-electron chi connectivity index (χ3n) is 6.48. The lowest BCUT2D eigenvalue weighted by Gasteiger charge is -2.15. The van der Waals surface area contributed by atoms with Crippen molar-refractivity contribution in [1.82, 2.24) is 0 Å². The van der Waals surface area contributed by atoms with Gasteiger partial charge in [0.05, 0.1) is 22.3 Å². The fraction of sp³-hybridized carbons (Fsp3) is 0.111. The van der Waals surface area contributed by atoms with E-state index in [-0.39, 0.29) is 0 Å². The first-order valence-corrected chi connectivity index (χ1v) is 11.6. The highest BCUT2D eigenvalue weighted by molar-refractivity contribution is 5.69. The maximum absolute atomic E-state index is 14.6. The third-order valence-corrected chi connectivity index (χ3v) is 6.48. The molecular weight excluding hydrogens is 666 g/mol. The minimum atomic E-state index is -2.82. The van der Waals surface area contributed by atoms with Crippen LogP contribution in [0.4, 0.5) is 79.0 Å². The van der Waals surface area contributed by atoms with Gasteiger partial charge < -0.3 is 0 Å². The van der Waals surface area contributed by atoms with Crippen molar-refractivity contribution in [3.63, 3.8) is 0 Å². The second-order valence-electron chi connectivity index (χ2n) is 8.96. The van der Waals surface area contributed by atoms with Gasteiger partial charge in [0.15, 0.2) is 93.1 Å². The SMILES string of the molecule is Fc1c(F)c(F)c(-c2c(F)c(F)c(CCCc3c(F)c(F)c(-c4c(F)c(F)c(F)c(F)c4F)c(F)c3F)c(F)c2F)c(F)c1F. The van der Waals surface area contributed by atoms with Gasteiger partial charge in [-0.3, -0.25) is 0 Å². The van der Waals surface area contributed by atoms with Crippen LogP contribution in [0, 0.1) is 105 Å². The summed E-state index contributed by atoms with van der Waals surface area (Å²) >= 11 is 0. The summed E-state index contributed by atoms with van der Waals surface area (Å²) in [7, 11) is 0. The van der Waals surface area contributed by atoms with Gasteiger partial charge >= 0.3 is 0 Å². The van der Waals surface area contributed by atoms with E-state index in [2.05, 4.69) is 0 Å². The van der Waals surface area contributed by atoms with Gasteiger partial charge in [-0.25, -0.2) is 79.0 Å². The van der Waals surface area contributed by atoms with Crippen molar-refractivity contribution in [3.05, 3.63) is 116 Å². The Morgan fingerprint density at radius 1 is 0.200 bits per heavy atom. The van der Waals surface area contributed by atoms with Crippen molar-refractivity contribution in [2.45, 2.75) is 19.3 Å². The molecular formula is C27H6F18. The predicted molar refractivity (Wildman–Crippen MR) is 115 cm³/mol. The van der Waals surface area contributed by atoms with Crippen molar-refractivity contribution in [1.29, 1.82) is 0 Å². The molecule has 4 aromatic carbocycles. The van der Waals surface area contributed by atoms with E-state index in [1.54, 1.807) is 0 Å². The maximum Gasteiger partial charge on any atom is 0.200 e. The fourth-order valence-electron chi connectivity index (χ4n) is 4.32. The Morgan fingerprint density at radius 2 is 0.356 bits per heavy atom. The molecule has 0 aliphatic rings. The quantitative estimate of drug-likeness (QED) is 0.109. The Kier molecular flexibility index (Phi) is 8.82. The molecule has 0 saturated carbocycles. The van der Waals surface area contributed by atoms with E-state index in [1.807, 2.05) is 0 Å². The van der Waals surface area contributed by atoms with Crippen LogP contribution < -0.4 is 0 Å². The molecule has 0 amide bonds. The monoisotopic (exact) mass is 672 g/mol. The van der Waals surface area contributed by atoms with Crippen LogP contribution in [0.25, 0.3) is 22.3 Å².